The molecule has 2 nitrogen and oxygen atoms in total. The lowest BCUT2D eigenvalue weighted by Crippen LogP contribution is -1.94. The SMILES string of the molecule is Cc1cc(O)c(CCCCCC(C)C)cc1Sc1cc(CCCCCC(C)C)c(O)cc1C. The Hall–Kier alpha value is -1.61. The van der Waals surface area contributed by atoms with Crippen molar-refractivity contribution >= 4 is 11.8 Å². The average Bonchev–Trinajstić information content (AvgIpc) is 2.72. The van der Waals surface area contributed by atoms with Crippen LogP contribution < -0.4 is 0 Å². The van der Waals surface area contributed by atoms with Crippen molar-refractivity contribution in [3.05, 3.63) is 46.5 Å². The minimum Gasteiger partial charge on any atom is -0.508 e. The minimum absolute atomic E-state index is 0.422. The first kappa shape index (κ1) is 27.6. The van der Waals surface area contributed by atoms with Crippen LogP contribution in [0.2, 0.25) is 0 Å². The van der Waals surface area contributed by atoms with Crippen LogP contribution in [0.1, 0.15) is 101 Å². The number of aromatic hydroxyl groups is 2. The van der Waals surface area contributed by atoms with Crippen LogP contribution in [0.3, 0.4) is 0 Å². The predicted molar refractivity (Wildman–Crippen MR) is 144 cm³/mol. The first-order chi connectivity index (χ1) is 15.7. The maximum atomic E-state index is 10.5. The molecule has 2 aromatic carbocycles. The van der Waals surface area contributed by atoms with Gasteiger partial charge in [-0.25, -0.2) is 0 Å². The van der Waals surface area contributed by atoms with Crippen molar-refractivity contribution in [1.82, 2.24) is 0 Å². The van der Waals surface area contributed by atoms with Gasteiger partial charge in [-0.05, 0) is 97.9 Å². The smallest absolute Gasteiger partial charge is 0.119 e. The summed E-state index contributed by atoms with van der Waals surface area (Å²) in [5.74, 6) is 2.37. The molecule has 2 aromatic rings. The molecule has 2 rings (SSSR count). The Kier molecular flexibility index (Phi) is 11.7. The number of rotatable bonds is 14. The summed E-state index contributed by atoms with van der Waals surface area (Å²) in [7, 11) is 0. The number of benzene rings is 2. The molecule has 0 heterocycles. The maximum absolute atomic E-state index is 10.5. The summed E-state index contributed by atoms with van der Waals surface area (Å²) in [6, 6.07) is 8.18. The van der Waals surface area contributed by atoms with E-state index in [0.717, 1.165) is 59.8 Å². The zero-order chi connectivity index (χ0) is 24.4. The molecule has 0 bridgehead atoms. The number of hydrogen-bond donors (Lipinski definition) is 2. The Morgan fingerprint density at radius 2 is 1.00 bits per heavy atom. The first-order valence-corrected chi connectivity index (χ1v) is 13.8. The second kappa shape index (κ2) is 13.9. The largest absolute Gasteiger partial charge is 0.508 e. The number of phenols is 2. The molecule has 0 spiro atoms. The summed E-state index contributed by atoms with van der Waals surface area (Å²) >= 11 is 1.76. The summed E-state index contributed by atoms with van der Waals surface area (Å²) in [6.07, 6.45) is 11.6. The highest BCUT2D eigenvalue weighted by Crippen LogP contribution is 2.38. The standard InChI is InChI=1S/C30H46O2S/c1-21(2)13-9-7-11-15-25-19-29(23(5)17-27(25)31)33-30-20-26(28(32)18-24(30)6)16-12-8-10-14-22(3)4/h17-22,31-32H,7-16H2,1-6H3. The van der Waals surface area contributed by atoms with Crippen molar-refractivity contribution in [2.24, 2.45) is 11.8 Å². The van der Waals surface area contributed by atoms with Gasteiger partial charge in [0, 0.05) is 9.79 Å². The second-order valence-electron chi connectivity index (χ2n) is 10.6. The van der Waals surface area contributed by atoms with Crippen LogP contribution in [0, 0.1) is 25.7 Å². The molecule has 0 aromatic heterocycles. The average molecular weight is 471 g/mol. The van der Waals surface area contributed by atoms with E-state index in [-0.39, 0.29) is 0 Å². The van der Waals surface area contributed by atoms with Crippen LogP contribution in [-0.2, 0) is 12.8 Å². The van der Waals surface area contributed by atoms with Gasteiger partial charge in [0.25, 0.3) is 0 Å². The van der Waals surface area contributed by atoms with Gasteiger partial charge in [-0.15, -0.1) is 0 Å². The summed E-state index contributed by atoms with van der Waals surface area (Å²) in [5.41, 5.74) is 4.30. The Balaban J connectivity index is 2.05. The first-order valence-electron chi connectivity index (χ1n) is 13.0. The van der Waals surface area contributed by atoms with E-state index in [1.165, 1.54) is 48.3 Å². The summed E-state index contributed by atoms with van der Waals surface area (Å²) in [6.45, 7) is 13.2. The molecular formula is C30H46O2S. The predicted octanol–water partition coefficient (Wildman–Crippen LogP) is 9.38. The molecule has 2 N–H and O–H groups in total. The highest BCUT2D eigenvalue weighted by Gasteiger charge is 2.12. The maximum Gasteiger partial charge on any atom is 0.119 e. The fourth-order valence-electron chi connectivity index (χ4n) is 4.26. The second-order valence-corrected chi connectivity index (χ2v) is 11.7. The van der Waals surface area contributed by atoms with Gasteiger partial charge in [0.15, 0.2) is 0 Å². The topological polar surface area (TPSA) is 40.5 Å². The van der Waals surface area contributed by atoms with Crippen molar-refractivity contribution in [3.63, 3.8) is 0 Å². The van der Waals surface area contributed by atoms with Crippen LogP contribution in [0.5, 0.6) is 11.5 Å². The van der Waals surface area contributed by atoms with Gasteiger partial charge in [-0.3, -0.25) is 0 Å². The summed E-state index contributed by atoms with van der Waals surface area (Å²) in [4.78, 5) is 2.39. The third-order valence-electron chi connectivity index (χ3n) is 6.43. The Bertz CT molecular complexity index is 799. The number of unbranched alkanes of at least 4 members (excludes halogenated alkanes) is 4. The molecule has 0 amide bonds. The summed E-state index contributed by atoms with van der Waals surface area (Å²) in [5, 5.41) is 21.0. The Morgan fingerprint density at radius 3 is 1.36 bits per heavy atom. The fraction of sp³-hybridized carbons (Fsp3) is 0.600. The van der Waals surface area contributed by atoms with E-state index in [1.54, 1.807) is 11.8 Å². The third-order valence-corrected chi connectivity index (χ3v) is 7.75. The van der Waals surface area contributed by atoms with E-state index in [1.807, 2.05) is 12.1 Å². The third kappa shape index (κ3) is 9.65. The number of phenolic OH excluding ortho intramolecular Hbond substituents is 2. The highest BCUT2D eigenvalue weighted by atomic mass is 32.2. The molecule has 0 atom stereocenters. The van der Waals surface area contributed by atoms with E-state index in [9.17, 15) is 10.2 Å². The quantitative estimate of drug-likeness (QED) is 0.270. The van der Waals surface area contributed by atoms with Crippen molar-refractivity contribution in [1.29, 1.82) is 0 Å². The molecule has 0 aliphatic carbocycles. The number of hydrogen-bond acceptors (Lipinski definition) is 3. The van der Waals surface area contributed by atoms with Gasteiger partial charge in [0.05, 0.1) is 0 Å². The summed E-state index contributed by atoms with van der Waals surface area (Å²) < 4.78 is 0. The van der Waals surface area contributed by atoms with Gasteiger partial charge in [-0.1, -0.05) is 78.0 Å². The lowest BCUT2D eigenvalue weighted by molar-refractivity contribution is 0.463. The van der Waals surface area contributed by atoms with E-state index in [2.05, 4.69) is 53.7 Å². The van der Waals surface area contributed by atoms with Crippen LogP contribution in [-0.4, -0.2) is 10.2 Å². The highest BCUT2D eigenvalue weighted by molar-refractivity contribution is 7.99. The van der Waals surface area contributed by atoms with E-state index < -0.39 is 0 Å². The van der Waals surface area contributed by atoms with Gasteiger partial charge >= 0.3 is 0 Å². The van der Waals surface area contributed by atoms with Crippen LogP contribution >= 0.6 is 11.8 Å². The van der Waals surface area contributed by atoms with Crippen LogP contribution in [0.4, 0.5) is 0 Å². The monoisotopic (exact) mass is 470 g/mol. The van der Waals surface area contributed by atoms with Crippen molar-refractivity contribution in [2.75, 3.05) is 0 Å². The van der Waals surface area contributed by atoms with E-state index >= 15 is 0 Å². The molecule has 0 aliphatic heterocycles. The number of aryl methyl sites for hydroxylation is 4. The van der Waals surface area contributed by atoms with Gasteiger partial charge in [0.1, 0.15) is 11.5 Å². The molecule has 33 heavy (non-hydrogen) atoms. The lowest BCUT2D eigenvalue weighted by Gasteiger charge is -2.15. The fourth-order valence-corrected chi connectivity index (χ4v) is 5.34. The normalized spacial score (nSPS) is 11.6. The van der Waals surface area contributed by atoms with Crippen molar-refractivity contribution in [3.8, 4) is 11.5 Å². The Labute approximate surface area is 207 Å². The van der Waals surface area contributed by atoms with Gasteiger partial charge in [-0.2, -0.15) is 0 Å². The van der Waals surface area contributed by atoms with Gasteiger partial charge in [0.2, 0.25) is 0 Å². The molecule has 3 heteroatoms. The Morgan fingerprint density at radius 1 is 0.606 bits per heavy atom. The molecule has 184 valence electrons. The molecule has 0 radical (unpaired) electrons. The molecule has 0 saturated carbocycles. The molecular weight excluding hydrogens is 424 g/mol. The zero-order valence-electron chi connectivity index (χ0n) is 21.8. The van der Waals surface area contributed by atoms with Crippen molar-refractivity contribution < 1.29 is 10.2 Å². The van der Waals surface area contributed by atoms with Crippen LogP contribution in [0.25, 0.3) is 0 Å². The van der Waals surface area contributed by atoms with E-state index in [0.29, 0.717) is 11.5 Å². The molecule has 0 fully saturated rings. The van der Waals surface area contributed by atoms with Crippen LogP contribution in [0.15, 0.2) is 34.1 Å². The lowest BCUT2D eigenvalue weighted by atomic mass is 10.0. The molecule has 0 saturated heterocycles. The molecule has 0 aliphatic rings. The minimum atomic E-state index is 0.422. The van der Waals surface area contributed by atoms with Gasteiger partial charge < -0.3 is 10.2 Å². The molecule has 0 unspecified atom stereocenters. The van der Waals surface area contributed by atoms with E-state index in [4.69, 9.17) is 0 Å². The zero-order valence-corrected chi connectivity index (χ0v) is 22.7. The van der Waals surface area contributed by atoms with Crippen molar-refractivity contribution in [2.45, 2.75) is 116 Å².